The molecule has 6 nitrogen and oxygen atoms in total. The minimum atomic E-state index is 0.579. The lowest BCUT2D eigenvalue weighted by Crippen LogP contribution is -2.38. The molecule has 29 heavy (non-hydrogen) atoms. The Labute approximate surface area is 168 Å². The van der Waals surface area contributed by atoms with Crippen molar-refractivity contribution in [2.24, 2.45) is 0 Å². The summed E-state index contributed by atoms with van der Waals surface area (Å²) >= 11 is 0. The highest BCUT2D eigenvalue weighted by Crippen LogP contribution is 2.30. The van der Waals surface area contributed by atoms with Crippen LogP contribution >= 0.6 is 0 Å². The lowest BCUT2D eigenvalue weighted by molar-refractivity contribution is 0.0322. The Hall–Kier alpha value is -3.09. The standard InChI is InChI=1S/C23H22N2O4/c1-3-18(15-19(4-1)27-14-10-25-8-12-26-13-9-25)23-24-20-7-6-17(16-22(20)29-23)21-5-2-11-28-21/h1-7,11,15-16H,8-10,12-14H2. The Morgan fingerprint density at radius 3 is 2.76 bits per heavy atom. The van der Waals surface area contributed by atoms with Crippen molar-refractivity contribution in [2.75, 3.05) is 39.5 Å². The van der Waals surface area contributed by atoms with Crippen LogP contribution < -0.4 is 4.74 Å². The number of fused-ring (bicyclic) bond motifs is 1. The molecule has 4 aromatic rings. The SMILES string of the molecule is c1cc(OCCN2CCOCC2)cc(-c2nc3ccc(-c4ccco4)cc3o2)c1. The number of furan rings is 1. The third kappa shape index (κ3) is 4.04. The van der Waals surface area contributed by atoms with Gasteiger partial charge in [-0.25, -0.2) is 4.98 Å². The summed E-state index contributed by atoms with van der Waals surface area (Å²) in [5, 5.41) is 0. The number of oxazole rings is 1. The zero-order chi connectivity index (χ0) is 19.5. The zero-order valence-electron chi connectivity index (χ0n) is 16.0. The van der Waals surface area contributed by atoms with Gasteiger partial charge in [0.2, 0.25) is 5.89 Å². The Kier molecular flexibility index (Phi) is 5.02. The van der Waals surface area contributed by atoms with E-state index in [0.29, 0.717) is 12.5 Å². The second kappa shape index (κ2) is 8.11. The second-order valence-electron chi connectivity index (χ2n) is 7.01. The van der Waals surface area contributed by atoms with Crippen LogP contribution in [0.5, 0.6) is 5.75 Å². The van der Waals surface area contributed by atoms with Gasteiger partial charge < -0.3 is 18.3 Å². The third-order valence-electron chi connectivity index (χ3n) is 5.06. The molecule has 6 heteroatoms. The number of ether oxygens (including phenoxy) is 2. The molecule has 0 aliphatic carbocycles. The predicted octanol–water partition coefficient (Wildman–Crippen LogP) is 4.47. The fourth-order valence-corrected chi connectivity index (χ4v) is 3.48. The summed E-state index contributed by atoms with van der Waals surface area (Å²) in [4.78, 5) is 6.98. The molecule has 1 saturated heterocycles. The molecule has 0 atom stereocenters. The largest absolute Gasteiger partial charge is 0.492 e. The number of morpholine rings is 1. The average molecular weight is 390 g/mol. The molecule has 0 bridgehead atoms. The summed E-state index contributed by atoms with van der Waals surface area (Å²) in [6.07, 6.45) is 1.66. The van der Waals surface area contributed by atoms with Gasteiger partial charge in [-0.3, -0.25) is 4.90 Å². The molecular formula is C23H22N2O4. The molecule has 0 amide bonds. The number of rotatable bonds is 6. The smallest absolute Gasteiger partial charge is 0.227 e. The Morgan fingerprint density at radius 2 is 1.90 bits per heavy atom. The Balaban J connectivity index is 1.31. The van der Waals surface area contributed by atoms with Crippen LogP contribution in [-0.4, -0.2) is 49.3 Å². The van der Waals surface area contributed by atoms with E-state index in [4.69, 9.17) is 18.3 Å². The van der Waals surface area contributed by atoms with E-state index >= 15 is 0 Å². The molecule has 1 aliphatic rings. The predicted molar refractivity (Wildman–Crippen MR) is 110 cm³/mol. The van der Waals surface area contributed by atoms with Crippen LogP contribution in [0.3, 0.4) is 0 Å². The topological polar surface area (TPSA) is 60.9 Å². The zero-order valence-corrected chi connectivity index (χ0v) is 16.0. The van der Waals surface area contributed by atoms with Gasteiger partial charge in [-0.15, -0.1) is 0 Å². The highest BCUT2D eigenvalue weighted by Gasteiger charge is 2.12. The molecule has 2 aromatic carbocycles. The van der Waals surface area contributed by atoms with Crippen molar-refractivity contribution in [3.63, 3.8) is 0 Å². The number of benzene rings is 2. The maximum atomic E-state index is 6.02. The maximum absolute atomic E-state index is 6.02. The van der Waals surface area contributed by atoms with E-state index in [2.05, 4.69) is 9.88 Å². The van der Waals surface area contributed by atoms with E-state index in [1.807, 2.05) is 54.6 Å². The Bertz CT molecular complexity index is 1080. The van der Waals surface area contributed by atoms with Crippen molar-refractivity contribution in [1.29, 1.82) is 0 Å². The number of aromatic nitrogens is 1. The summed E-state index contributed by atoms with van der Waals surface area (Å²) in [6, 6.07) is 17.6. The van der Waals surface area contributed by atoms with E-state index in [9.17, 15) is 0 Å². The monoisotopic (exact) mass is 390 g/mol. The van der Waals surface area contributed by atoms with Gasteiger partial charge in [0.05, 0.1) is 19.5 Å². The fraction of sp³-hybridized carbons (Fsp3) is 0.261. The van der Waals surface area contributed by atoms with Gasteiger partial charge in [-0.05, 0) is 48.5 Å². The maximum Gasteiger partial charge on any atom is 0.227 e. The number of hydrogen-bond donors (Lipinski definition) is 0. The quantitative estimate of drug-likeness (QED) is 0.484. The van der Waals surface area contributed by atoms with E-state index in [1.54, 1.807) is 6.26 Å². The van der Waals surface area contributed by atoms with Crippen molar-refractivity contribution >= 4 is 11.1 Å². The minimum Gasteiger partial charge on any atom is -0.492 e. The molecule has 2 aromatic heterocycles. The highest BCUT2D eigenvalue weighted by atomic mass is 16.5. The lowest BCUT2D eigenvalue weighted by atomic mass is 10.1. The summed E-state index contributed by atoms with van der Waals surface area (Å²) in [5.74, 6) is 2.20. The van der Waals surface area contributed by atoms with Crippen LogP contribution in [0.2, 0.25) is 0 Å². The van der Waals surface area contributed by atoms with E-state index < -0.39 is 0 Å². The van der Waals surface area contributed by atoms with Crippen LogP contribution in [-0.2, 0) is 4.74 Å². The minimum absolute atomic E-state index is 0.579. The Morgan fingerprint density at radius 1 is 0.966 bits per heavy atom. The van der Waals surface area contributed by atoms with Crippen LogP contribution in [0.15, 0.2) is 69.7 Å². The molecule has 148 valence electrons. The van der Waals surface area contributed by atoms with Crippen LogP contribution in [0.25, 0.3) is 33.9 Å². The van der Waals surface area contributed by atoms with Gasteiger partial charge in [-0.2, -0.15) is 0 Å². The summed E-state index contributed by atoms with van der Waals surface area (Å²) in [7, 11) is 0. The van der Waals surface area contributed by atoms with Gasteiger partial charge in [0, 0.05) is 30.8 Å². The van der Waals surface area contributed by atoms with Crippen molar-refractivity contribution in [2.45, 2.75) is 0 Å². The number of nitrogens with zero attached hydrogens (tertiary/aromatic N) is 2. The van der Waals surface area contributed by atoms with Crippen molar-refractivity contribution in [1.82, 2.24) is 9.88 Å². The fourth-order valence-electron chi connectivity index (χ4n) is 3.48. The second-order valence-corrected chi connectivity index (χ2v) is 7.01. The molecule has 0 spiro atoms. The first-order valence-corrected chi connectivity index (χ1v) is 9.83. The normalized spacial score (nSPS) is 15.0. The molecule has 0 saturated carbocycles. The molecular weight excluding hydrogens is 368 g/mol. The van der Waals surface area contributed by atoms with Crippen LogP contribution in [0.4, 0.5) is 0 Å². The van der Waals surface area contributed by atoms with E-state index in [0.717, 1.165) is 66.6 Å². The number of hydrogen-bond acceptors (Lipinski definition) is 6. The molecule has 5 rings (SSSR count). The van der Waals surface area contributed by atoms with Gasteiger partial charge in [0.25, 0.3) is 0 Å². The van der Waals surface area contributed by atoms with Crippen molar-refractivity contribution in [3.05, 3.63) is 60.9 Å². The summed E-state index contributed by atoms with van der Waals surface area (Å²) in [5.41, 5.74) is 3.40. The average Bonchev–Trinajstić information content (AvgIpc) is 3.44. The van der Waals surface area contributed by atoms with Crippen molar-refractivity contribution < 1.29 is 18.3 Å². The van der Waals surface area contributed by atoms with Crippen LogP contribution in [0.1, 0.15) is 0 Å². The van der Waals surface area contributed by atoms with E-state index in [-0.39, 0.29) is 0 Å². The first kappa shape index (κ1) is 18.0. The lowest BCUT2D eigenvalue weighted by Gasteiger charge is -2.26. The van der Waals surface area contributed by atoms with E-state index in [1.165, 1.54) is 0 Å². The summed E-state index contributed by atoms with van der Waals surface area (Å²) in [6.45, 7) is 5.07. The van der Waals surface area contributed by atoms with Crippen LogP contribution in [0, 0.1) is 0 Å². The molecule has 0 radical (unpaired) electrons. The first-order valence-electron chi connectivity index (χ1n) is 9.83. The molecule has 3 heterocycles. The van der Waals surface area contributed by atoms with Crippen molar-refractivity contribution in [3.8, 4) is 28.5 Å². The van der Waals surface area contributed by atoms with Gasteiger partial charge in [0.1, 0.15) is 23.6 Å². The molecule has 0 N–H and O–H groups in total. The molecule has 0 unspecified atom stereocenters. The van der Waals surface area contributed by atoms with Gasteiger partial charge >= 0.3 is 0 Å². The summed E-state index contributed by atoms with van der Waals surface area (Å²) < 4.78 is 22.8. The van der Waals surface area contributed by atoms with Gasteiger partial charge in [0.15, 0.2) is 5.58 Å². The van der Waals surface area contributed by atoms with Gasteiger partial charge in [-0.1, -0.05) is 6.07 Å². The third-order valence-corrected chi connectivity index (χ3v) is 5.06. The molecule has 1 fully saturated rings. The first-order chi connectivity index (χ1) is 14.3. The molecule has 1 aliphatic heterocycles. The highest BCUT2D eigenvalue weighted by molar-refractivity contribution is 5.81.